The summed E-state index contributed by atoms with van der Waals surface area (Å²) in [5.41, 5.74) is 2.72. The lowest BCUT2D eigenvalue weighted by Gasteiger charge is -2.17. The van der Waals surface area contributed by atoms with E-state index in [4.69, 9.17) is 9.47 Å². The molecule has 3 N–H and O–H groups in total. The number of hydrogen-bond donors (Lipinski definition) is 3. The first-order chi connectivity index (χ1) is 15.1. The molecule has 0 unspecified atom stereocenters. The van der Waals surface area contributed by atoms with Crippen LogP contribution in [0.2, 0.25) is 0 Å². The van der Waals surface area contributed by atoms with Crippen molar-refractivity contribution in [2.45, 2.75) is 25.8 Å². The number of carbonyl (C=O) groups excluding carboxylic acids is 1. The molecular formula is C22H28N6O3. The first kappa shape index (κ1) is 20.9. The molecule has 31 heavy (non-hydrogen) atoms. The van der Waals surface area contributed by atoms with Crippen molar-refractivity contribution in [2.24, 2.45) is 0 Å². The van der Waals surface area contributed by atoms with Gasteiger partial charge in [-0.2, -0.15) is 0 Å². The summed E-state index contributed by atoms with van der Waals surface area (Å²) < 4.78 is 11.3. The fourth-order valence-electron chi connectivity index (χ4n) is 3.70. The van der Waals surface area contributed by atoms with Crippen LogP contribution in [-0.4, -0.2) is 59.6 Å². The summed E-state index contributed by atoms with van der Waals surface area (Å²) in [4.78, 5) is 26.4. The largest absolute Gasteiger partial charge is 0.493 e. The van der Waals surface area contributed by atoms with Crippen LogP contribution in [0.4, 0.5) is 11.5 Å². The molecule has 0 fully saturated rings. The van der Waals surface area contributed by atoms with Crippen molar-refractivity contribution in [3.63, 3.8) is 0 Å². The highest BCUT2D eigenvalue weighted by Crippen LogP contribution is 2.33. The molecule has 2 bridgehead atoms. The number of methoxy groups -OCH3 is 1. The van der Waals surface area contributed by atoms with Gasteiger partial charge in [0.05, 0.1) is 19.1 Å². The number of benzene rings is 1. The second-order valence-electron chi connectivity index (χ2n) is 7.64. The number of ether oxygens (including phenoxy) is 2. The standard InChI is InChI=1S/C22H28N6O3/c1-28-9-4-8-23-19(29)5-3-10-31-18-11-16(6-7-17(18)30-2)27-22-20-15(13-28)12-24-21(20)25-14-26-22/h6-7,11-12,14H,3-5,8-10,13H2,1-2H3,(H,23,29)(H2,24,25,26,27). The van der Waals surface area contributed by atoms with Gasteiger partial charge in [-0.05, 0) is 44.1 Å². The summed E-state index contributed by atoms with van der Waals surface area (Å²) >= 11 is 0. The van der Waals surface area contributed by atoms with Gasteiger partial charge in [0, 0.05) is 37.5 Å². The number of hydrogen-bond acceptors (Lipinski definition) is 7. The molecule has 164 valence electrons. The second-order valence-corrected chi connectivity index (χ2v) is 7.64. The average Bonchev–Trinajstić information content (AvgIpc) is 3.17. The first-order valence-corrected chi connectivity index (χ1v) is 10.5. The Kier molecular flexibility index (Phi) is 6.51. The molecule has 0 saturated carbocycles. The van der Waals surface area contributed by atoms with Crippen LogP contribution in [-0.2, 0) is 11.3 Å². The van der Waals surface area contributed by atoms with Crippen LogP contribution in [0.25, 0.3) is 11.0 Å². The third kappa shape index (κ3) is 5.05. The molecule has 1 amide bonds. The topological polar surface area (TPSA) is 104 Å². The van der Waals surface area contributed by atoms with E-state index >= 15 is 0 Å². The summed E-state index contributed by atoms with van der Waals surface area (Å²) in [6.45, 7) is 2.70. The minimum absolute atomic E-state index is 0.0492. The Morgan fingerprint density at radius 3 is 3.00 bits per heavy atom. The molecule has 0 aliphatic carbocycles. The molecule has 3 heterocycles. The van der Waals surface area contributed by atoms with E-state index in [0.29, 0.717) is 37.5 Å². The van der Waals surface area contributed by atoms with Crippen molar-refractivity contribution in [2.75, 3.05) is 39.2 Å². The Labute approximate surface area is 181 Å². The van der Waals surface area contributed by atoms with Gasteiger partial charge in [0.2, 0.25) is 5.91 Å². The third-order valence-electron chi connectivity index (χ3n) is 5.26. The molecule has 0 saturated heterocycles. The van der Waals surface area contributed by atoms with Crippen LogP contribution in [0, 0.1) is 0 Å². The highest BCUT2D eigenvalue weighted by atomic mass is 16.5. The van der Waals surface area contributed by atoms with E-state index in [2.05, 4.69) is 37.5 Å². The minimum Gasteiger partial charge on any atom is -0.493 e. The van der Waals surface area contributed by atoms with Gasteiger partial charge in [-0.15, -0.1) is 0 Å². The number of aromatic nitrogens is 3. The van der Waals surface area contributed by atoms with Crippen molar-refractivity contribution in [1.29, 1.82) is 0 Å². The smallest absolute Gasteiger partial charge is 0.220 e. The van der Waals surface area contributed by atoms with E-state index in [1.165, 1.54) is 0 Å². The normalized spacial score (nSPS) is 16.5. The van der Waals surface area contributed by atoms with E-state index in [1.807, 2.05) is 24.4 Å². The molecule has 3 aromatic rings. The predicted octanol–water partition coefficient (Wildman–Crippen LogP) is 2.82. The van der Waals surface area contributed by atoms with Gasteiger partial charge in [-0.3, -0.25) is 4.79 Å². The molecule has 1 aromatic carbocycles. The molecule has 0 atom stereocenters. The summed E-state index contributed by atoms with van der Waals surface area (Å²) in [5, 5.41) is 7.35. The first-order valence-electron chi connectivity index (χ1n) is 10.5. The van der Waals surface area contributed by atoms with E-state index in [9.17, 15) is 4.79 Å². The maximum atomic E-state index is 12.1. The van der Waals surface area contributed by atoms with Crippen molar-refractivity contribution in [3.8, 4) is 11.5 Å². The lowest BCUT2D eigenvalue weighted by molar-refractivity contribution is -0.121. The van der Waals surface area contributed by atoms with Gasteiger partial charge >= 0.3 is 0 Å². The van der Waals surface area contributed by atoms with Crippen LogP contribution in [0.3, 0.4) is 0 Å². The molecule has 9 nitrogen and oxygen atoms in total. The highest BCUT2D eigenvalue weighted by molar-refractivity contribution is 5.92. The summed E-state index contributed by atoms with van der Waals surface area (Å²) in [6.07, 6.45) is 5.46. The summed E-state index contributed by atoms with van der Waals surface area (Å²) in [7, 11) is 3.68. The fraction of sp³-hybridized carbons (Fsp3) is 0.409. The van der Waals surface area contributed by atoms with Gasteiger partial charge in [0.25, 0.3) is 0 Å². The maximum absolute atomic E-state index is 12.1. The van der Waals surface area contributed by atoms with Crippen LogP contribution >= 0.6 is 0 Å². The number of nitrogens with one attached hydrogen (secondary N) is 3. The van der Waals surface area contributed by atoms with Crippen molar-refractivity contribution < 1.29 is 14.3 Å². The number of nitrogens with zero attached hydrogens (tertiary/aromatic N) is 3. The molecule has 1 aliphatic rings. The zero-order valence-electron chi connectivity index (χ0n) is 17.9. The van der Waals surface area contributed by atoms with Crippen LogP contribution < -0.4 is 20.1 Å². The maximum Gasteiger partial charge on any atom is 0.220 e. The third-order valence-corrected chi connectivity index (χ3v) is 5.26. The van der Waals surface area contributed by atoms with Crippen molar-refractivity contribution in [3.05, 3.63) is 36.3 Å². The average molecular weight is 425 g/mol. The van der Waals surface area contributed by atoms with Crippen molar-refractivity contribution in [1.82, 2.24) is 25.2 Å². The lowest BCUT2D eigenvalue weighted by Crippen LogP contribution is -2.28. The Balaban J connectivity index is 1.67. The lowest BCUT2D eigenvalue weighted by atomic mass is 10.2. The zero-order chi connectivity index (χ0) is 21.6. The van der Waals surface area contributed by atoms with Gasteiger partial charge < -0.3 is 30.0 Å². The molecule has 0 spiro atoms. The molecule has 0 radical (unpaired) electrons. The molecule has 9 heteroatoms. The quantitative estimate of drug-likeness (QED) is 0.552. The van der Waals surface area contributed by atoms with Crippen molar-refractivity contribution >= 4 is 28.4 Å². The Hall–Kier alpha value is -3.33. The predicted molar refractivity (Wildman–Crippen MR) is 119 cm³/mol. The molecule has 2 aromatic heterocycles. The summed E-state index contributed by atoms with van der Waals surface area (Å²) in [5.74, 6) is 2.04. The van der Waals surface area contributed by atoms with Gasteiger partial charge in [-0.1, -0.05) is 0 Å². The molecule has 4 rings (SSSR count). The van der Waals surface area contributed by atoms with Crippen LogP contribution in [0.15, 0.2) is 30.7 Å². The Morgan fingerprint density at radius 1 is 1.23 bits per heavy atom. The van der Waals surface area contributed by atoms with Gasteiger partial charge in [0.15, 0.2) is 11.5 Å². The van der Waals surface area contributed by atoms with E-state index in [1.54, 1.807) is 13.4 Å². The number of amides is 1. The highest BCUT2D eigenvalue weighted by Gasteiger charge is 2.15. The minimum atomic E-state index is 0.0492. The van der Waals surface area contributed by atoms with Gasteiger partial charge in [-0.25, -0.2) is 9.97 Å². The Bertz CT molecular complexity index is 1050. The van der Waals surface area contributed by atoms with Crippen LogP contribution in [0.5, 0.6) is 11.5 Å². The number of rotatable bonds is 1. The number of fused-ring (bicyclic) bond motifs is 2. The fourth-order valence-corrected chi connectivity index (χ4v) is 3.70. The number of anilines is 2. The van der Waals surface area contributed by atoms with E-state index in [0.717, 1.165) is 47.6 Å². The SMILES string of the molecule is COc1ccc2cc1OCCCC(=O)NCCCN(C)Cc1c[nH]c3ncnc(c13)N2. The Morgan fingerprint density at radius 2 is 2.13 bits per heavy atom. The molecule has 1 aliphatic heterocycles. The second kappa shape index (κ2) is 9.65. The number of H-pyrrole nitrogens is 1. The zero-order valence-corrected chi connectivity index (χ0v) is 17.9. The van der Waals surface area contributed by atoms with Gasteiger partial charge in [0.1, 0.15) is 17.8 Å². The monoisotopic (exact) mass is 424 g/mol. The summed E-state index contributed by atoms with van der Waals surface area (Å²) in [6, 6.07) is 5.66. The van der Waals surface area contributed by atoms with Crippen LogP contribution in [0.1, 0.15) is 24.8 Å². The van der Waals surface area contributed by atoms with E-state index in [-0.39, 0.29) is 5.91 Å². The number of carbonyl (C=O) groups is 1. The van der Waals surface area contributed by atoms with E-state index < -0.39 is 0 Å². The molecular weight excluding hydrogens is 396 g/mol. The number of aromatic amines is 1.